The number of aryl methyl sites for hydroxylation is 1. The van der Waals surface area contributed by atoms with Gasteiger partial charge in [0.2, 0.25) is 0 Å². The summed E-state index contributed by atoms with van der Waals surface area (Å²) in [5.41, 5.74) is 2.22. The van der Waals surface area contributed by atoms with Gasteiger partial charge in [0, 0.05) is 0 Å². The van der Waals surface area contributed by atoms with E-state index in [0.29, 0.717) is 0 Å². The van der Waals surface area contributed by atoms with Gasteiger partial charge >= 0.3 is 77.7 Å². The summed E-state index contributed by atoms with van der Waals surface area (Å²) >= 11 is 0. The molecule has 1 aromatic heterocycles. The molecule has 0 fully saturated rings. The normalized spacial score (nSPS) is 9.92. The van der Waals surface area contributed by atoms with Gasteiger partial charge in [0.1, 0.15) is 0 Å². The summed E-state index contributed by atoms with van der Waals surface area (Å²) in [6, 6.07) is 8.22. The molecule has 2 heteroatoms. The third-order valence-corrected chi connectivity index (χ3v) is 2.23. The topological polar surface area (TPSA) is 12.9 Å². The molecule has 1 heterocycles. The molecule has 0 bridgehead atoms. The van der Waals surface area contributed by atoms with Gasteiger partial charge in [-0.1, -0.05) is 0 Å². The van der Waals surface area contributed by atoms with Crippen LogP contribution < -0.4 is 5.46 Å². The number of hydrogen-bond donors (Lipinski definition) is 0. The molecule has 62 valence electrons. The van der Waals surface area contributed by atoms with E-state index in [-0.39, 0.29) is 0 Å². The molecule has 0 saturated carbocycles. The van der Waals surface area contributed by atoms with E-state index in [9.17, 15) is 0 Å². The van der Waals surface area contributed by atoms with E-state index in [1.807, 2.05) is 32.2 Å². The molecule has 2 aromatic rings. The average Bonchev–Trinajstić information content (AvgIpc) is 2.17. The summed E-state index contributed by atoms with van der Waals surface area (Å²) in [6.07, 6.45) is 1.84. The zero-order valence-electron chi connectivity index (χ0n) is 7.62. The Hall–Kier alpha value is -1.44. The van der Waals surface area contributed by atoms with Crippen LogP contribution in [0.2, 0.25) is 0 Å². The molecule has 1 aromatic carbocycles. The Morgan fingerprint density at radius 3 is 2.92 bits per heavy atom. The van der Waals surface area contributed by atoms with Crippen molar-refractivity contribution < 1.29 is 0 Å². The number of benzene rings is 1. The van der Waals surface area contributed by atoms with Crippen molar-refractivity contribution in [3.05, 3.63) is 36.2 Å². The second-order valence-corrected chi connectivity index (χ2v) is 3.05. The molecule has 0 aliphatic carbocycles. The molecule has 0 amide bonds. The SMILES string of the molecule is C=Bc1cccc2ccnc(C)c12. The summed E-state index contributed by atoms with van der Waals surface area (Å²) in [6.45, 7) is 7.69. The van der Waals surface area contributed by atoms with Gasteiger partial charge in [-0.3, -0.25) is 0 Å². The van der Waals surface area contributed by atoms with Crippen molar-refractivity contribution in [2.24, 2.45) is 0 Å². The Balaban J connectivity index is 2.94. The van der Waals surface area contributed by atoms with Crippen molar-refractivity contribution in [2.45, 2.75) is 6.92 Å². The number of fused-ring (bicyclic) bond motifs is 1. The number of aromatic nitrogens is 1. The monoisotopic (exact) mass is 167 g/mol. The summed E-state index contributed by atoms with van der Waals surface area (Å²) in [7, 11) is 0. The molecule has 0 aliphatic rings. The quantitative estimate of drug-likeness (QED) is 0.583. The number of pyridine rings is 1. The number of rotatable bonds is 1. The summed E-state index contributed by atoms with van der Waals surface area (Å²) in [4.78, 5) is 4.27. The van der Waals surface area contributed by atoms with Gasteiger partial charge in [0.15, 0.2) is 0 Å². The molecule has 1 nitrogen and oxygen atoms in total. The zero-order chi connectivity index (χ0) is 9.26. The van der Waals surface area contributed by atoms with E-state index in [0.717, 1.165) is 11.2 Å². The second kappa shape index (κ2) is 3.13. The maximum absolute atomic E-state index is 4.27. The van der Waals surface area contributed by atoms with Crippen molar-refractivity contribution in [1.29, 1.82) is 0 Å². The van der Waals surface area contributed by atoms with Crippen LogP contribution in [0, 0.1) is 6.92 Å². The first-order chi connectivity index (χ1) is 6.33. The Morgan fingerprint density at radius 2 is 2.15 bits per heavy atom. The van der Waals surface area contributed by atoms with Crippen molar-refractivity contribution in [2.75, 3.05) is 0 Å². The van der Waals surface area contributed by atoms with E-state index in [4.69, 9.17) is 0 Å². The molecule has 0 N–H and O–H groups in total. The molecular formula is C11H10BN. The van der Waals surface area contributed by atoms with Crippen molar-refractivity contribution >= 4 is 29.6 Å². The van der Waals surface area contributed by atoms with Crippen LogP contribution in [-0.2, 0) is 0 Å². The molecule has 0 aliphatic heterocycles. The van der Waals surface area contributed by atoms with Crippen molar-refractivity contribution in [1.82, 2.24) is 4.98 Å². The molecule has 0 atom stereocenters. The van der Waals surface area contributed by atoms with Crippen LogP contribution in [0.15, 0.2) is 30.5 Å². The minimum absolute atomic E-state index is 1.06. The van der Waals surface area contributed by atoms with Crippen LogP contribution in [0.1, 0.15) is 5.69 Å². The zero-order valence-corrected chi connectivity index (χ0v) is 7.62. The Morgan fingerprint density at radius 1 is 1.31 bits per heavy atom. The van der Waals surface area contributed by atoms with Gasteiger partial charge in [0.05, 0.1) is 0 Å². The van der Waals surface area contributed by atoms with Crippen LogP contribution in [0.5, 0.6) is 0 Å². The van der Waals surface area contributed by atoms with Gasteiger partial charge in [-0.2, -0.15) is 0 Å². The van der Waals surface area contributed by atoms with Gasteiger partial charge in [-0.25, -0.2) is 0 Å². The Labute approximate surface area is 78.3 Å². The first kappa shape index (κ1) is 8.18. The predicted octanol–water partition coefficient (Wildman–Crippen LogP) is 1.30. The minimum atomic E-state index is 1.06. The summed E-state index contributed by atoms with van der Waals surface area (Å²) < 4.78 is 0. The van der Waals surface area contributed by atoms with Gasteiger partial charge in [0.25, 0.3) is 0 Å². The summed E-state index contributed by atoms with van der Waals surface area (Å²) in [5.74, 6) is 0. The fraction of sp³-hybridized carbons (Fsp3) is 0.0909. The molecule has 2 rings (SSSR count). The third kappa shape index (κ3) is 1.28. The molecule has 0 saturated heterocycles. The van der Waals surface area contributed by atoms with Gasteiger partial charge in [-0.15, -0.1) is 0 Å². The molecule has 13 heavy (non-hydrogen) atoms. The maximum atomic E-state index is 4.27. The summed E-state index contributed by atoms with van der Waals surface area (Å²) in [5, 5.41) is 2.44. The van der Waals surface area contributed by atoms with Crippen LogP contribution in [0.3, 0.4) is 0 Å². The predicted molar refractivity (Wildman–Crippen MR) is 59.0 cm³/mol. The van der Waals surface area contributed by atoms with Crippen LogP contribution in [0.4, 0.5) is 0 Å². The molecule has 0 spiro atoms. The van der Waals surface area contributed by atoms with E-state index in [1.165, 1.54) is 10.8 Å². The van der Waals surface area contributed by atoms with Crippen molar-refractivity contribution in [3.8, 4) is 0 Å². The standard InChI is InChI=1S/C11H10BN/c1-8-11-9(6-7-13-8)4-3-5-10(11)12-2/h3-7H,2H2,1H3. The fourth-order valence-electron chi connectivity index (χ4n) is 1.61. The fourth-order valence-corrected chi connectivity index (χ4v) is 1.61. The van der Waals surface area contributed by atoms with Gasteiger partial charge in [-0.05, 0) is 0 Å². The molecule has 0 radical (unpaired) electrons. The number of hydrogen-bond acceptors (Lipinski definition) is 1. The third-order valence-electron chi connectivity index (χ3n) is 2.23. The first-order valence-corrected chi connectivity index (χ1v) is 4.29. The van der Waals surface area contributed by atoms with E-state index in [2.05, 4.69) is 23.6 Å². The molecule has 0 unspecified atom stereocenters. The van der Waals surface area contributed by atoms with E-state index >= 15 is 0 Å². The van der Waals surface area contributed by atoms with Gasteiger partial charge < -0.3 is 0 Å². The van der Waals surface area contributed by atoms with Crippen LogP contribution >= 0.6 is 0 Å². The van der Waals surface area contributed by atoms with E-state index in [1.54, 1.807) is 0 Å². The van der Waals surface area contributed by atoms with Crippen LogP contribution in [-0.4, -0.2) is 18.4 Å². The Bertz CT molecular complexity index is 457. The number of nitrogens with zero attached hydrogens (tertiary/aromatic N) is 1. The van der Waals surface area contributed by atoms with E-state index < -0.39 is 0 Å². The average molecular weight is 167 g/mol. The second-order valence-electron chi connectivity index (χ2n) is 3.05. The first-order valence-electron chi connectivity index (χ1n) is 4.29. The van der Waals surface area contributed by atoms with Crippen LogP contribution in [0.25, 0.3) is 10.8 Å². The Kier molecular flexibility index (Phi) is 1.97. The molecular weight excluding hydrogens is 157 g/mol. The van der Waals surface area contributed by atoms with Crippen molar-refractivity contribution in [3.63, 3.8) is 0 Å².